The molecule has 1 aromatic heterocycles. The van der Waals surface area contributed by atoms with Crippen molar-refractivity contribution in [2.75, 3.05) is 4.90 Å². The summed E-state index contributed by atoms with van der Waals surface area (Å²) in [6.45, 7) is 5.63. The van der Waals surface area contributed by atoms with Crippen LogP contribution in [0.3, 0.4) is 0 Å². The maximum atomic E-state index is 14.4. The molecule has 1 fully saturated rings. The number of hydrogen-bond acceptors (Lipinski definition) is 5. The number of hydrogen-bond donors (Lipinski definition) is 1. The SMILES string of the molecule is CC(C)(C)NC(=O)[C@@]1(c2ccccn2)[C@@H]2c3ccccc3OC(=O)[C@H]2C(=O)N1c1ccccc1. The maximum absolute atomic E-state index is 14.4. The minimum atomic E-state index is -1.62. The minimum absolute atomic E-state index is 0.348. The van der Waals surface area contributed by atoms with E-state index in [9.17, 15) is 14.4 Å². The van der Waals surface area contributed by atoms with E-state index in [1.165, 1.54) is 4.90 Å². The quantitative estimate of drug-likeness (QED) is 0.371. The van der Waals surface area contributed by atoms with Crippen molar-refractivity contribution < 1.29 is 19.1 Å². The first-order chi connectivity index (χ1) is 16.2. The molecule has 1 saturated heterocycles. The van der Waals surface area contributed by atoms with Gasteiger partial charge in [-0.05, 0) is 51.1 Å². The lowest BCUT2D eigenvalue weighted by Gasteiger charge is -2.43. The number of para-hydroxylation sites is 2. The largest absolute Gasteiger partial charge is 0.426 e. The van der Waals surface area contributed by atoms with Gasteiger partial charge in [0.1, 0.15) is 11.7 Å². The molecule has 0 aliphatic carbocycles. The summed E-state index contributed by atoms with van der Waals surface area (Å²) >= 11 is 0. The Bertz CT molecular complexity index is 1270. The van der Waals surface area contributed by atoms with E-state index in [0.717, 1.165) is 0 Å². The van der Waals surface area contributed by atoms with Crippen LogP contribution in [-0.4, -0.2) is 28.3 Å². The van der Waals surface area contributed by atoms with Gasteiger partial charge in [-0.15, -0.1) is 0 Å². The molecule has 0 radical (unpaired) electrons. The number of pyridine rings is 1. The third kappa shape index (κ3) is 3.19. The molecule has 5 rings (SSSR count). The first-order valence-corrected chi connectivity index (χ1v) is 11.2. The van der Waals surface area contributed by atoms with Crippen LogP contribution in [0.5, 0.6) is 5.75 Å². The smallest absolute Gasteiger partial charge is 0.324 e. The maximum Gasteiger partial charge on any atom is 0.324 e. The molecule has 2 aliphatic heterocycles. The normalized spacial score (nSPS) is 23.7. The average Bonchev–Trinajstić information content (AvgIpc) is 3.10. The van der Waals surface area contributed by atoms with Gasteiger partial charge in [-0.2, -0.15) is 0 Å². The Morgan fingerprint density at radius 1 is 0.971 bits per heavy atom. The Hall–Kier alpha value is -4.00. The van der Waals surface area contributed by atoms with Crippen molar-refractivity contribution >= 4 is 23.5 Å². The number of esters is 1. The van der Waals surface area contributed by atoms with Crippen LogP contribution < -0.4 is 15.0 Å². The second kappa shape index (κ2) is 7.80. The van der Waals surface area contributed by atoms with Crippen LogP contribution in [0.15, 0.2) is 79.0 Å². The molecule has 7 nitrogen and oxygen atoms in total. The Balaban J connectivity index is 1.88. The van der Waals surface area contributed by atoms with Gasteiger partial charge >= 0.3 is 5.97 Å². The zero-order valence-corrected chi connectivity index (χ0v) is 19.2. The number of nitrogens with one attached hydrogen (secondary N) is 1. The van der Waals surface area contributed by atoms with Gasteiger partial charge in [0, 0.05) is 28.9 Å². The molecular weight excluding hydrogens is 430 g/mol. The lowest BCUT2D eigenvalue weighted by molar-refractivity contribution is -0.144. The van der Waals surface area contributed by atoms with E-state index < -0.39 is 40.7 Å². The predicted molar refractivity (Wildman–Crippen MR) is 126 cm³/mol. The van der Waals surface area contributed by atoms with Crippen molar-refractivity contribution in [1.29, 1.82) is 0 Å². The number of rotatable bonds is 3. The molecule has 34 heavy (non-hydrogen) atoms. The molecule has 2 aromatic carbocycles. The van der Waals surface area contributed by atoms with Crippen LogP contribution in [0.25, 0.3) is 0 Å². The van der Waals surface area contributed by atoms with Crippen LogP contribution in [-0.2, 0) is 19.9 Å². The molecule has 2 amide bonds. The summed E-state index contributed by atoms with van der Waals surface area (Å²) in [5.74, 6) is -3.26. The summed E-state index contributed by atoms with van der Waals surface area (Å²) in [6, 6.07) is 21.3. The van der Waals surface area contributed by atoms with Gasteiger partial charge in [0.05, 0.1) is 5.69 Å². The predicted octanol–water partition coefficient (Wildman–Crippen LogP) is 3.56. The first-order valence-electron chi connectivity index (χ1n) is 11.2. The number of carbonyl (C=O) groups excluding carboxylic acids is 3. The molecule has 2 aliphatic rings. The lowest BCUT2D eigenvalue weighted by atomic mass is 9.70. The average molecular weight is 456 g/mol. The van der Waals surface area contributed by atoms with Gasteiger partial charge in [0.2, 0.25) is 5.91 Å². The molecule has 0 spiro atoms. The zero-order valence-electron chi connectivity index (χ0n) is 19.2. The summed E-state index contributed by atoms with van der Waals surface area (Å²) in [4.78, 5) is 47.7. The van der Waals surface area contributed by atoms with Crippen molar-refractivity contribution in [3.05, 3.63) is 90.3 Å². The van der Waals surface area contributed by atoms with Gasteiger partial charge < -0.3 is 10.1 Å². The van der Waals surface area contributed by atoms with Gasteiger partial charge in [-0.1, -0.05) is 42.5 Å². The lowest BCUT2D eigenvalue weighted by Crippen LogP contribution is -2.60. The minimum Gasteiger partial charge on any atom is -0.426 e. The number of fused-ring (bicyclic) bond motifs is 3. The van der Waals surface area contributed by atoms with Crippen molar-refractivity contribution in [2.24, 2.45) is 5.92 Å². The fourth-order valence-electron chi connectivity index (χ4n) is 5.04. The van der Waals surface area contributed by atoms with E-state index in [2.05, 4.69) is 10.3 Å². The van der Waals surface area contributed by atoms with Crippen molar-refractivity contribution in [3.8, 4) is 5.75 Å². The van der Waals surface area contributed by atoms with Gasteiger partial charge in [0.25, 0.3) is 5.91 Å². The summed E-state index contributed by atoms with van der Waals surface area (Å²) in [5.41, 5.74) is -0.717. The highest BCUT2D eigenvalue weighted by Crippen LogP contribution is 2.57. The number of benzene rings is 2. The van der Waals surface area contributed by atoms with E-state index in [1.54, 1.807) is 60.8 Å². The standard InChI is InChI=1S/C27H25N3O4/c1-26(2,3)29-25(33)27(20-15-9-10-16-28-20)22-18-13-7-8-14-19(18)34-24(32)21(22)23(31)30(27)17-11-5-4-6-12-17/h4-16,21-22H,1-3H3,(H,29,33)/t21-,22-,27-/m1/s1. The number of amides is 2. The summed E-state index contributed by atoms with van der Waals surface area (Å²) in [5, 5.41) is 3.07. The number of carbonyl (C=O) groups is 3. The molecule has 1 N–H and O–H groups in total. The topological polar surface area (TPSA) is 88.6 Å². The van der Waals surface area contributed by atoms with Gasteiger partial charge in [0.15, 0.2) is 5.54 Å². The highest BCUT2D eigenvalue weighted by molar-refractivity contribution is 6.17. The highest BCUT2D eigenvalue weighted by Gasteiger charge is 2.69. The molecule has 3 heterocycles. The van der Waals surface area contributed by atoms with Crippen LogP contribution in [0, 0.1) is 5.92 Å². The fourth-order valence-corrected chi connectivity index (χ4v) is 5.04. The van der Waals surface area contributed by atoms with Crippen molar-refractivity contribution in [2.45, 2.75) is 37.8 Å². The second-order valence-corrected chi connectivity index (χ2v) is 9.61. The molecule has 3 atom stereocenters. The van der Waals surface area contributed by atoms with Crippen molar-refractivity contribution in [1.82, 2.24) is 10.3 Å². The number of nitrogens with zero attached hydrogens (tertiary/aromatic N) is 2. The van der Waals surface area contributed by atoms with Crippen LogP contribution in [0.1, 0.15) is 37.9 Å². The van der Waals surface area contributed by atoms with Crippen LogP contribution in [0.4, 0.5) is 5.69 Å². The molecule has 172 valence electrons. The Morgan fingerprint density at radius 2 is 1.65 bits per heavy atom. The molecular formula is C27H25N3O4. The molecule has 0 unspecified atom stereocenters. The molecule has 3 aromatic rings. The number of anilines is 1. The van der Waals surface area contributed by atoms with Gasteiger partial charge in [-0.3, -0.25) is 24.3 Å². The van der Waals surface area contributed by atoms with E-state index in [0.29, 0.717) is 22.7 Å². The highest BCUT2D eigenvalue weighted by atomic mass is 16.5. The van der Waals surface area contributed by atoms with E-state index in [4.69, 9.17) is 4.74 Å². The Labute approximate surface area is 197 Å². The first kappa shape index (κ1) is 21.8. The summed E-state index contributed by atoms with van der Waals surface area (Å²) < 4.78 is 5.57. The summed E-state index contributed by atoms with van der Waals surface area (Å²) in [6.07, 6.45) is 1.59. The van der Waals surface area contributed by atoms with Gasteiger partial charge in [-0.25, -0.2) is 0 Å². The second-order valence-electron chi connectivity index (χ2n) is 9.61. The molecule has 0 saturated carbocycles. The Kier molecular flexibility index (Phi) is 5.01. The van der Waals surface area contributed by atoms with Crippen LogP contribution in [0.2, 0.25) is 0 Å². The van der Waals surface area contributed by atoms with Crippen LogP contribution >= 0.6 is 0 Å². The monoisotopic (exact) mass is 455 g/mol. The third-order valence-electron chi connectivity index (χ3n) is 6.25. The fraction of sp³-hybridized carbons (Fsp3) is 0.259. The molecule has 7 heteroatoms. The third-order valence-corrected chi connectivity index (χ3v) is 6.25. The van der Waals surface area contributed by atoms with E-state index in [-0.39, 0.29) is 0 Å². The Morgan fingerprint density at radius 3 is 2.32 bits per heavy atom. The number of ether oxygens (including phenoxy) is 1. The van der Waals surface area contributed by atoms with E-state index in [1.807, 2.05) is 39.0 Å². The molecule has 0 bridgehead atoms. The number of aromatic nitrogens is 1. The zero-order chi connectivity index (χ0) is 24.1. The van der Waals surface area contributed by atoms with Crippen molar-refractivity contribution in [3.63, 3.8) is 0 Å². The van der Waals surface area contributed by atoms with E-state index >= 15 is 0 Å². The summed E-state index contributed by atoms with van der Waals surface area (Å²) in [7, 11) is 0.